The standard InChI is InChI=1S/C14H18O2/c1-9-7-11(3)15-13(9)5-6-14-10(2)8-12(4)16-14/h7-8H,5-6H2,1-4H3. The van der Waals surface area contributed by atoms with Gasteiger partial charge in [-0.2, -0.15) is 0 Å². The van der Waals surface area contributed by atoms with Crippen LogP contribution in [0.3, 0.4) is 0 Å². The summed E-state index contributed by atoms with van der Waals surface area (Å²) in [6.07, 6.45) is 1.82. The first-order valence-electron chi connectivity index (χ1n) is 5.68. The fraction of sp³-hybridized carbons (Fsp3) is 0.429. The van der Waals surface area contributed by atoms with Crippen LogP contribution in [-0.2, 0) is 12.8 Å². The smallest absolute Gasteiger partial charge is 0.107 e. The highest BCUT2D eigenvalue weighted by molar-refractivity contribution is 5.23. The maximum atomic E-state index is 5.64. The van der Waals surface area contributed by atoms with Gasteiger partial charge in [0.05, 0.1) is 0 Å². The van der Waals surface area contributed by atoms with E-state index in [0.29, 0.717) is 0 Å². The summed E-state index contributed by atoms with van der Waals surface area (Å²) >= 11 is 0. The number of rotatable bonds is 3. The number of hydrogen-bond acceptors (Lipinski definition) is 2. The van der Waals surface area contributed by atoms with Gasteiger partial charge >= 0.3 is 0 Å². The predicted molar refractivity (Wildman–Crippen MR) is 63.8 cm³/mol. The van der Waals surface area contributed by atoms with E-state index in [0.717, 1.165) is 35.9 Å². The zero-order chi connectivity index (χ0) is 11.7. The Bertz CT molecular complexity index is 443. The van der Waals surface area contributed by atoms with Crippen LogP contribution in [0.25, 0.3) is 0 Å². The molecule has 2 nitrogen and oxygen atoms in total. The van der Waals surface area contributed by atoms with Crippen LogP contribution in [0.1, 0.15) is 34.2 Å². The van der Waals surface area contributed by atoms with Gasteiger partial charge in [0.15, 0.2) is 0 Å². The Hall–Kier alpha value is -1.44. The lowest BCUT2D eigenvalue weighted by atomic mass is 10.1. The van der Waals surface area contributed by atoms with E-state index in [2.05, 4.69) is 26.0 Å². The van der Waals surface area contributed by atoms with E-state index in [9.17, 15) is 0 Å². The Kier molecular flexibility index (Phi) is 2.90. The molecular weight excluding hydrogens is 200 g/mol. The molecule has 16 heavy (non-hydrogen) atoms. The molecule has 0 aliphatic rings. The van der Waals surface area contributed by atoms with E-state index < -0.39 is 0 Å². The minimum Gasteiger partial charge on any atom is -0.466 e. The summed E-state index contributed by atoms with van der Waals surface area (Å²) < 4.78 is 11.3. The van der Waals surface area contributed by atoms with Crippen molar-refractivity contribution in [3.05, 3.63) is 46.3 Å². The SMILES string of the molecule is Cc1cc(C)c(CCc2oc(C)cc2C)o1. The molecule has 0 saturated heterocycles. The number of furan rings is 2. The third kappa shape index (κ3) is 2.21. The molecule has 0 radical (unpaired) electrons. The first-order valence-corrected chi connectivity index (χ1v) is 5.68. The van der Waals surface area contributed by atoms with Gasteiger partial charge in [0.2, 0.25) is 0 Å². The van der Waals surface area contributed by atoms with Gasteiger partial charge in [-0.3, -0.25) is 0 Å². The summed E-state index contributed by atoms with van der Waals surface area (Å²) in [6.45, 7) is 8.15. The normalized spacial score (nSPS) is 11.0. The third-order valence-corrected chi connectivity index (χ3v) is 2.87. The molecule has 2 rings (SSSR count). The second-order valence-corrected chi connectivity index (χ2v) is 4.43. The Balaban J connectivity index is 2.07. The molecule has 0 N–H and O–H groups in total. The molecule has 0 spiro atoms. The Labute approximate surface area is 96.3 Å². The van der Waals surface area contributed by atoms with Crippen molar-refractivity contribution in [2.24, 2.45) is 0 Å². The molecule has 86 valence electrons. The summed E-state index contributed by atoms with van der Waals surface area (Å²) in [7, 11) is 0. The van der Waals surface area contributed by atoms with Crippen LogP contribution in [0.15, 0.2) is 21.0 Å². The second kappa shape index (κ2) is 4.20. The lowest BCUT2D eigenvalue weighted by Crippen LogP contribution is -1.91. The first-order chi connectivity index (χ1) is 7.56. The molecule has 0 amide bonds. The van der Waals surface area contributed by atoms with Crippen LogP contribution in [0.4, 0.5) is 0 Å². The van der Waals surface area contributed by atoms with E-state index in [-0.39, 0.29) is 0 Å². The van der Waals surface area contributed by atoms with Crippen molar-refractivity contribution < 1.29 is 8.83 Å². The Morgan fingerprint density at radius 2 is 1.12 bits per heavy atom. The average Bonchev–Trinajstić information content (AvgIpc) is 2.66. The van der Waals surface area contributed by atoms with E-state index in [4.69, 9.17) is 8.83 Å². The van der Waals surface area contributed by atoms with Gasteiger partial charge in [-0.1, -0.05) is 0 Å². The first kappa shape index (κ1) is 11.1. The molecule has 0 bridgehead atoms. The van der Waals surface area contributed by atoms with Crippen molar-refractivity contribution in [3.63, 3.8) is 0 Å². The fourth-order valence-electron chi connectivity index (χ4n) is 2.10. The maximum absolute atomic E-state index is 5.64. The highest BCUT2D eigenvalue weighted by Crippen LogP contribution is 2.19. The monoisotopic (exact) mass is 218 g/mol. The number of aryl methyl sites for hydroxylation is 6. The third-order valence-electron chi connectivity index (χ3n) is 2.87. The highest BCUT2D eigenvalue weighted by atomic mass is 16.3. The molecular formula is C14H18O2. The Morgan fingerprint density at radius 3 is 1.38 bits per heavy atom. The second-order valence-electron chi connectivity index (χ2n) is 4.43. The quantitative estimate of drug-likeness (QED) is 0.781. The summed E-state index contributed by atoms with van der Waals surface area (Å²) in [4.78, 5) is 0. The Morgan fingerprint density at radius 1 is 0.750 bits per heavy atom. The van der Waals surface area contributed by atoms with E-state index >= 15 is 0 Å². The summed E-state index contributed by atoms with van der Waals surface area (Å²) in [6, 6.07) is 4.16. The number of hydrogen-bond donors (Lipinski definition) is 0. The molecule has 2 heterocycles. The zero-order valence-electron chi connectivity index (χ0n) is 10.4. The molecule has 0 aliphatic heterocycles. The van der Waals surface area contributed by atoms with Crippen LogP contribution in [0, 0.1) is 27.7 Å². The molecule has 0 aromatic carbocycles. The predicted octanol–water partition coefficient (Wildman–Crippen LogP) is 3.89. The summed E-state index contributed by atoms with van der Waals surface area (Å²) in [5, 5.41) is 0. The molecule has 0 unspecified atom stereocenters. The summed E-state index contributed by atoms with van der Waals surface area (Å²) in [5.74, 6) is 4.12. The maximum Gasteiger partial charge on any atom is 0.107 e. The van der Waals surface area contributed by atoms with Gasteiger partial charge in [-0.05, 0) is 51.0 Å². The van der Waals surface area contributed by atoms with Crippen LogP contribution in [0.5, 0.6) is 0 Å². The van der Waals surface area contributed by atoms with Crippen molar-refractivity contribution in [2.45, 2.75) is 40.5 Å². The fourth-order valence-corrected chi connectivity index (χ4v) is 2.10. The lowest BCUT2D eigenvalue weighted by molar-refractivity contribution is 0.449. The van der Waals surface area contributed by atoms with E-state index in [1.54, 1.807) is 0 Å². The van der Waals surface area contributed by atoms with Crippen LogP contribution < -0.4 is 0 Å². The molecule has 2 heteroatoms. The molecule has 2 aromatic rings. The van der Waals surface area contributed by atoms with Gasteiger partial charge in [-0.25, -0.2) is 0 Å². The van der Waals surface area contributed by atoms with Crippen LogP contribution in [0.2, 0.25) is 0 Å². The van der Waals surface area contributed by atoms with Crippen LogP contribution >= 0.6 is 0 Å². The lowest BCUT2D eigenvalue weighted by Gasteiger charge is -1.98. The van der Waals surface area contributed by atoms with Crippen LogP contribution in [-0.4, -0.2) is 0 Å². The van der Waals surface area contributed by atoms with Crippen molar-refractivity contribution in [1.29, 1.82) is 0 Å². The van der Waals surface area contributed by atoms with Crippen molar-refractivity contribution in [2.75, 3.05) is 0 Å². The van der Waals surface area contributed by atoms with E-state index in [1.165, 1.54) is 11.1 Å². The highest BCUT2D eigenvalue weighted by Gasteiger charge is 2.09. The van der Waals surface area contributed by atoms with Gasteiger partial charge < -0.3 is 8.83 Å². The molecule has 0 saturated carbocycles. The molecule has 0 fully saturated rings. The summed E-state index contributed by atoms with van der Waals surface area (Å²) in [5.41, 5.74) is 2.47. The minimum absolute atomic E-state index is 0.910. The average molecular weight is 218 g/mol. The van der Waals surface area contributed by atoms with Crippen molar-refractivity contribution in [1.82, 2.24) is 0 Å². The van der Waals surface area contributed by atoms with Crippen molar-refractivity contribution >= 4 is 0 Å². The topological polar surface area (TPSA) is 26.3 Å². The van der Waals surface area contributed by atoms with Crippen molar-refractivity contribution in [3.8, 4) is 0 Å². The van der Waals surface area contributed by atoms with Gasteiger partial charge in [0.25, 0.3) is 0 Å². The van der Waals surface area contributed by atoms with Gasteiger partial charge in [0.1, 0.15) is 23.0 Å². The molecule has 0 atom stereocenters. The van der Waals surface area contributed by atoms with Gasteiger partial charge in [-0.15, -0.1) is 0 Å². The largest absolute Gasteiger partial charge is 0.466 e. The molecule has 2 aromatic heterocycles. The van der Waals surface area contributed by atoms with E-state index in [1.807, 2.05) is 13.8 Å². The minimum atomic E-state index is 0.910. The molecule has 0 aliphatic carbocycles. The van der Waals surface area contributed by atoms with Gasteiger partial charge in [0, 0.05) is 12.8 Å². The zero-order valence-corrected chi connectivity index (χ0v) is 10.4.